The van der Waals surface area contributed by atoms with Crippen LogP contribution in [0.3, 0.4) is 0 Å². The third-order valence-corrected chi connectivity index (χ3v) is 2.35. The van der Waals surface area contributed by atoms with Gasteiger partial charge in [-0.25, -0.2) is 4.79 Å². The number of hydrogen-bond acceptors (Lipinski definition) is 4. The van der Waals surface area contributed by atoms with Gasteiger partial charge in [-0.1, -0.05) is 6.92 Å². The summed E-state index contributed by atoms with van der Waals surface area (Å²) in [4.78, 5) is 33.2. The highest BCUT2D eigenvalue weighted by Gasteiger charge is 2.19. The molecule has 2 amide bonds. The Balaban J connectivity index is 4.03. The van der Waals surface area contributed by atoms with Crippen LogP contribution >= 0.6 is 0 Å². The number of hydrogen-bond donors (Lipinski definition) is 4. The van der Waals surface area contributed by atoms with E-state index in [0.29, 0.717) is 25.8 Å². The number of nitrogens with one attached hydrogen (secondary N) is 2. The van der Waals surface area contributed by atoms with Crippen molar-refractivity contribution in [2.75, 3.05) is 13.1 Å². The van der Waals surface area contributed by atoms with E-state index in [1.165, 1.54) is 0 Å². The molecule has 7 nitrogen and oxygen atoms in total. The fourth-order valence-corrected chi connectivity index (χ4v) is 1.30. The van der Waals surface area contributed by atoms with Gasteiger partial charge in [0.05, 0.1) is 6.54 Å². The number of rotatable bonds is 9. The van der Waals surface area contributed by atoms with Gasteiger partial charge in [-0.3, -0.25) is 9.59 Å². The van der Waals surface area contributed by atoms with Crippen LogP contribution in [0.5, 0.6) is 0 Å². The van der Waals surface area contributed by atoms with E-state index >= 15 is 0 Å². The van der Waals surface area contributed by atoms with Crippen LogP contribution in [-0.4, -0.2) is 42.0 Å². The van der Waals surface area contributed by atoms with Gasteiger partial charge < -0.3 is 21.5 Å². The van der Waals surface area contributed by atoms with Gasteiger partial charge in [-0.05, 0) is 25.8 Å². The van der Waals surface area contributed by atoms with Gasteiger partial charge in [0.25, 0.3) is 0 Å². The summed E-state index contributed by atoms with van der Waals surface area (Å²) in [5.41, 5.74) is 5.31. The smallest absolute Gasteiger partial charge is 0.326 e. The minimum Gasteiger partial charge on any atom is -0.480 e. The van der Waals surface area contributed by atoms with Gasteiger partial charge in [-0.15, -0.1) is 0 Å². The lowest BCUT2D eigenvalue weighted by Gasteiger charge is -2.14. The Morgan fingerprint density at radius 2 is 1.89 bits per heavy atom. The molecule has 0 unspecified atom stereocenters. The number of carboxylic acids is 1. The van der Waals surface area contributed by atoms with Crippen LogP contribution in [0.25, 0.3) is 0 Å². The van der Waals surface area contributed by atoms with Crippen molar-refractivity contribution in [1.29, 1.82) is 0 Å². The molecule has 0 aliphatic rings. The molecule has 0 aromatic heterocycles. The van der Waals surface area contributed by atoms with Crippen LogP contribution in [0.4, 0.5) is 0 Å². The third kappa shape index (κ3) is 7.61. The van der Waals surface area contributed by atoms with Crippen LogP contribution < -0.4 is 16.4 Å². The average Bonchev–Trinajstić information content (AvgIpc) is 2.34. The molecule has 0 spiro atoms. The first-order valence-corrected chi connectivity index (χ1v) is 6.00. The summed E-state index contributed by atoms with van der Waals surface area (Å²) in [6.45, 7) is 1.96. The molecule has 0 heterocycles. The predicted octanol–water partition coefficient (Wildman–Crippen LogP) is -0.789. The average molecular weight is 259 g/mol. The van der Waals surface area contributed by atoms with Gasteiger partial charge in [0.15, 0.2) is 0 Å². The number of aliphatic carboxylic acids is 1. The molecule has 5 N–H and O–H groups in total. The van der Waals surface area contributed by atoms with E-state index in [-0.39, 0.29) is 18.9 Å². The van der Waals surface area contributed by atoms with Crippen LogP contribution in [0.1, 0.15) is 32.6 Å². The first kappa shape index (κ1) is 16.4. The number of amides is 2. The van der Waals surface area contributed by atoms with E-state index in [2.05, 4.69) is 10.6 Å². The van der Waals surface area contributed by atoms with Gasteiger partial charge in [0, 0.05) is 6.42 Å². The largest absolute Gasteiger partial charge is 0.480 e. The fourth-order valence-electron chi connectivity index (χ4n) is 1.30. The summed E-state index contributed by atoms with van der Waals surface area (Å²) < 4.78 is 0. The highest BCUT2D eigenvalue weighted by molar-refractivity contribution is 5.87. The molecule has 0 aromatic rings. The van der Waals surface area contributed by atoms with Crippen molar-refractivity contribution >= 4 is 17.8 Å². The van der Waals surface area contributed by atoms with Crippen molar-refractivity contribution in [3.8, 4) is 0 Å². The second kappa shape index (κ2) is 9.41. The molecular formula is C11H21N3O4. The molecule has 0 saturated carbocycles. The summed E-state index contributed by atoms with van der Waals surface area (Å²) in [7, 11) is 0. The first-order valence-electron chi connectivity index (χ1n) is 6.00. The molecule has 0 radical (unpaired) electrons. The molecular weight excluding hydrogens is 238 g/mol. The Hall–Kier alpha value is -1.63. The Bertz CT molecular complexity index is 294. The van der Waals surface area contributed by atoms with E-state index in [1.54, 1.807) is 6.92 Å². The Kier molecular flexibility index (Phi) is 8.55. The molecule has 0 aliphatic heterocycles. The number of carboxylic acid groups (broad SMARTS) is 1. The first-order chi connectivity index (χ1) is 8.51. The van der Waals surface area contributed by atoms with Gasteiger partial charge in [0.1, 0.15) is 6.04 Å². The lowest BCUT2D eigenvalue weighted by atomic mass is 10.1. The maximum atomic E-state index is 11.4. The van der Waals surface area contributed by atoms with E-state index < -0.39 is 17.9 Å². The lowest BCUT2D eigenvalue weighted by molar-refractivity contribution is -0.142. The zero-order valence-corrected chi connectivity index (χ0v) is 10.6. The maximum absolute atomic E-state index is 11.4. The van der Waals surface area contributed by atoms with Crippen LogP contribution in [-0.2, 0) is 14.4 Å². The van der Waals surface area contributed by atoms with Crippen molar-refractivity contribution in [3.63, 3.8) is 0 Å². The van der Waals surface area contributed by atoms with Crippen molar-refractivity contribution in [1.82, 2.24) is 10.6 Å². The number of nitrogens with two attached hydrogens (primary N) is 1. The summed E-state index contributed by atoms with van der Waals surface area (Å²) in [6, 6.07) is -0.928. The second-order valence-corrected chi connectivity index (χ2v) is 3.87. The monoisotopic (exact) mass is 259 g/mol. The molecule has 1 atom stereocenters. The van der Waals surface area contributed by atoms with Crippen molar-refractivity contribution in [3.05, 3.63) is 0 Å². The van der Waals surface area contributed by atoms with Crippen molar-refractivity contribution in [2.24, 2.45) is 5.73 Å². The summed E-state index contributed by atoms with van der Waals surface area (Å²) in [5.74, 6) is -1.83. The number of carbonyl (C=O) groups is 3. The third-order valence-electron chi connectivity index (χ3n) is 2.35. The predicted molar refractivity (Wildman–Crippen MR) is 65.8 cm³/mol. The molecule has 0 bridgehead atoms. The number of carbonyl (C=O) groups excluding carboxylic acids is 2. The van der Waals surface area contributed by atoms with Gasteiger partial charge >= 0.3 is 5.97 Å². The zero-order valence-electron chi connectivity index (χ0n) is 10.6. The normalized spacial score (nSPS) is 11.7. The van der Waals surface area contributed by atoms with E-state index in [1.807, 2.05) is 0 Å². The molecule has 0 saturated heterocycles. The minimum atomic E-state index is -1.08. The summed E-state index contributed by atoms with van der Waals surface area (Å²) >= 11 is 0. The topological polar surface area (TPSA) is 122 Å². The van der Waals surface area contributed by atoms with Gasteiger partial charge in [-0.2, -0.15) is 0 Å². The van der Waals surface area contributed by atoms with E-state index in [4.69, 9.17) is 10.8 Å². The molecule has 0 fully saturated rings. The SMILES string of the molecule is CCC(=O)NCC(=O)N[C@@H](CCCCN)C(=O)O. The fraction of sp³-hybridized carbons (Fsp3) is 0.727. The van der Waals surface area contributed by atoms with Crippen LogP contribution in [0, 0.1) is 0 Å². The van der Waals surface area contributed by atoms with Gasteiger partial charge in [0.2, 0.25) is 11.8 Å². The Labute approximate surface area is 106 Å². The summed E-state index contributed by atoms with van der Waals surface area (Å²) in [6.07, 6.45) is 1.97. The lowest BCUT2D eigenvalue weighted by Crippen LogP contribution is -2.45. The zero-order chi connectivity index (χ0) is 14.0. The summed E-state index contributed by atoms with van der Waals surface area (Å²) in [5, 5.41) is 13.7. The highest BCUT2D eigenvalue weighted by Crippen LogP contribution is 2.00. The molecule has 0 rings (SSSR count). The molecule has 0 aromatic carbocycles. The standard InChI is InChI=1S/C11H21N3O4/c1-2-9(15)13-7-10(16)14-8(11(17)18)5-3-4-6-12/h8H,2-7,12H2,1H3,(H,13,15)(H,14,16)(H,17,18)/t8-/m0/s1. The quantitative estimate of drug-likeness (QED) is 0.404. The highest BCUT2D eigenvalue weighted by atomic mass is 16.4. The Morgan fingerprint density at radius 3 is 2.39 bits per heavy atom. The second-order valence-electron chi connectivity index (χ2n) is 3.87. The van der Waals surface area contributed by atoms with Crippen molar-refractivity contribution in [2.45, 2.75) is 38.6 Å². The maximum Gasteiger partial charge on any atom is 0.326 e. The molecule has 0 aliphatic carbocycles. The molecule has 104 valence electrons. The van der Waals surface area contributed by atoms with Crippen LogP contribution in [0.2, 0.25) is 0 Å². The van der Waals surface area contributed by atoms with E-state index in [9.17, 15) is 14.4 Å². The molecule has 18 heavy (non-hydrogen) atoms. The number of unbranched alkanes of at least 4 members (excludes halogenated alkanes) is 1. The van der Waals surface area contributed by atoms with Crippen molar-refractivity contribution < 1.29 is 19.5 Å². The van der Waals surface area contributed by atoms with Crippen LogP contribution in [0.15, 0.2) is 0 Å². The molecule has 7 heteroatoms. The Morgan fingerprint density at radius 1 is 1.22 bits per heavy atom. The minimum absolute atomic E-state index is 0.201. The van der Waals surface area contributed by atoms with E-state index in [0.717, 1.165) is 0 Å².